The van der Waals surface area contributed by atoms with Crippen LogP contribution in [0.4, 0.5) is 10.1 Å². The van der Waals surface area contributed by atoms with Crippen LogP contribution in [0.1, 0.15) is 42.1 Å². The first-order valence-corrected chi connectivity index (χ1v) is 11.3. The fourth-order valence-electron chi connectivity index (χ4n) is 2.88. The number of halogens is 1. The summed E-state index contributed by atoms with van der Waals surface area (Å²) in [6.07, 6.45) is 4.08. The van der Waals surface area contributed by atoms with Crippen molar-refractivity contribution in [3.8, 4) is 5.75 Å². The number of ether oxygens (including phenoxy) is 1. The molecule has 6 nitrogen and oxygen atoms in total. The summed E-state index contributed by atoms with van der Waals surface area (Å²) in [7, 11) is -2.17. The molecule has 8 heteroatoms. The molecular weight excluding hydrogens is 395 g/mol. The van der Waals surface area contributed by atoms with Gasteiger partial charge in [0.2, 0.25) is 10.0 Å². The van der Waals surface area contributed by atoms with Crippen molar-refractivity contribution in [1.29, 1.82) is 0 Å². The van der Waals surface area contributed by atoms with Crippen molar-refractivity contribution in [2.75, 3.05) is 24.2 Å². The molecule has 0 aromatic heterocycles. The van der Waals surface area contributed by atoms with E-state index < -0.39 is 15.8 Å². The highest BCUT2D eigenvalue weighted by molar-refractivity contribution is 7.92. The number of amides is 1. The van der Waals surface area contributed by atoms with E-state index in [1.54, 1.807) is 18.2 Å². The molecule has 0 saturated heterocycles. The Balaban J connectivity index is 2.30. The van der Waals surface area contributed by atoms with Crippen LogP contribution in [0.2, 0.25) is 0 Å². The molecule has 0 heterocycles. The van der Waals surface area contributed by atoms with Crippen molar-refractivity contribution in [3.05, 3.63) is 59.4 Å². The smallest absolute Gasteiger partial charge is 0.251 e. The third-order valence-corrected chi connectivity index (χ3v) is 5.58. The molecule has 0 bridgehead atoms. The van der Waals surface area contributed by atoms with Crippen molar-refractivity contribution >= 4 is 21.6 Å². The van der Waals surface area contributed by atoms with Crippen LogP contribution in [-0.4, -0.2) is 34.2 Å². The minimum atomic E-state index is -3.65. The molecule has 1 N–H and O–H groups in total. The van der Waals surface area contributed by atoms with E-state index in [0.717, 1.165) is 29.8 Å². The van der Waals surface area contributed by atoms with E-state index in [-0.39, 0.29) is 12.5 Å². The lowest BCUT2D eigenvalue weighted by Gasteiger charge is -2.24. The molecular formula is C21H27FN2O4S. The third-order valence-electron chi connectivity index (χ3n) is 4.44. The van der Waals surface area contributed by atoms with Gasteiger partial charge in [-0.15, -0.1) is 0 Å². The zero-order valence-corrected chi connectivity index (χ0v) is 17.8. The summed E-state index contributed by atoms with van der Waals surface area (Å²) < 4.78 is 44.5. The Morgan fingerprint density at radius 2 is 1.83 bits per heavy atom. The number of nitrogens with zero attached hydrogens (tertiary/aromatic N) is 1. The number of hydrogen-bond donors (Lipinski definition) is 1. The van der Waals surface area contributed by atoms with E-state index in [1.165, 1.54) is 31.4 Å². The Morgan fingerprint density at radius 1 is 1.14 bits per heavy atom. The van der Waals surface area contributed by atoms with Gasteiger partial charge in [0.25, 0.3) is 5.91 Å². The van der Waals surface area contributed by atoms with Crippen LogP contribution < -0.4 is 14.4 Å². The number of rotatable bonds is 10. The first-order chi connectivity index (χ1) is 13.8. The number of benzene rings is 2. The molecule has 0 aliphatic heterocycles. The molecule has 0 fully saturated rings. The lowest BCUT2D eigenvalue weighted by Crippen LogP contribution is -2.30. The van der Waals surface area contributed by atoms with Gasteiger partial charge in [-0.05, 0) is 48.9 Å². The maximum Gasteiger partial charge on any atom is 0.251 e. The number of anilines is 1. The van der Waals surface area contributed by atoms with Crippen LogP contribution in [0, 0.1) is 5.82 Å². The monoisotopic (exact) mass is 422 g/mol. The summed E-state index contributed by atoms with van der Waals surface area (Å²) in [6, 6.07) is 10.1. The molecule has 0 aliphatic rings. The van der Waals surface area contributed by atoms with Gasteiger partial charge in [0.15, 0.2) is 0 Å². The van der Waals surface area contributed by atoms with E-state index in [9.17, 15) is 17.6 Å². The van der Waals surface area contributed by atoms with E-state index in [4.69, 9.17) is 4.74 Å². The largest absolute Gasteiger partial charge is 0.496 e. The van der Waals surface area contributed by atoms with Gasteiger partial charge >= 0.3 is 0 Å². The fourth-order valence-corrected chi connectivity index (χ4v) is 3.76. The summed E-state index contributed by atoms with van der Waals surface area (Å²) in [6.45, 7) is 2.62. The van der Waals surface area contributed by atoms with Crippen molar-refractivity contribution in [2.45, 2.75) is 32.7 Å². The number of hydrogen-bond acceptors (Lipinski definition) is 4. The van der Waals surface area contributed by atoms with E-state index in [1.807, 2.05) is 0 Å². The van der Waals surface area contributed by atoms with Crippen LogP contribution in [0.25, 0.3) is 0 Å². The normalized spacial score (nSPS) is 11.2. The van der Waals surface area contributed by atoms with Crippen LogP contribution in [0.5, 0.6) is 5.75 Å². The molecule has 2 aromatic carbocycles. The number of nitrogens with one attached hydrogen (secondary N) is 1. The SMILES string of the molecule is CCCCCNC(=O)c1ccc(OC)c(CN(c2ccc(F)cc2)S(C)(=O)=O)c1. The zero-order chi connectivity index (χ0) is 21.4. The van der Waals surface area contributed by atoms with E-state index in [2.05, 4.69) is 12.2 Å². The van der Waals surface area contributed by atoms with Gasteiger partial charge < -0.3 is 10.1 Å². The number of carbonyl (C=O) groups is 1. The summed E-state index contributed by atoms with van der Waals surface area (Å²) in [5.41, 5.74) is 1.28. The molecule has 0 atom stereocenters. The Kier molecular flexibility index (Phi) is 8.01. The Bertz CT molecular complexity index is 930. The average Bonchev–Trinajstić information content (AvgIpc) is 2.69. The Morgan fingerprint density at radius 3 is 2.41 bits per heavy atom. The van der Waals surface area contributed by atoms with Gasteiger partial charge in [0.1, 0.15) is 11.6 Å². The van der Waals surface area contributed by atoms with Crippen LogP contribution in [0.3, 0.4) is 0 Å². The number of carbonyl (C=O) groups excluding carboxylic acids is 1. The predicted molar refractivity (Wildman–Crippen MR) is 112 cm³/mol. The Labute approximate surface area is 171 Å². The molecule has 0 unspecified atom stereocenters. The number of unbranched alkanes of at least 4 members (excludes halogenated alkanes) is 2. The number of sulfonamides is 1. The topological polar surface area (TPSA) is 75.7 Å². The predicted octanol–water partition coefficient (Wildman–Crippen LogP) is 3.72. The molecule has 0 aliphatic carbocycles. The van der Waals surface area contributed by atoms with Crippen molar-refractivity contribution in [1.82, 2.24) is 5.32 Å². The average molecular weight is 423 g/mol. The highest BCUT2D eigenvalue weighted by Crippen LogP contribution is 2.26. The van der Waals surface area contributed by atoms with Gasteiger partial charge in [-0.3, -0.25) is 9.10 Å². The van der Waals surface area contributed by atoms with Gasteiger partial charge in [0.05, 0.1) is 25.6 Å². The quantitative estimate of drug-likeness (QED) is 0.592. The molecule has 2 rings (SSSR count). The van der Waals surface area contributed by atoms with Gasteiger partial charge in [-0.1, -0.05) is 19.8 Å². The summed E-state index contributed by atoms with van der Waals surface area (Å²) in [5.74, 6) is -0.220. The van der Waals surface area contributed by atoms with Crippen LogP contribution in [0.15, 0.2) is 42.5 Å². The fraction of sp³-hybridized carbons (Fsp3) is 0.381. The van der Waals surface area contributed by atoms with Crippen molar-refractivity contribution in [3.63, 3.8) is 0 Å². The zero-order valence-electron chi connectivity index (χ0n) is 16.9. The second-order valence-corrected chi connectivity index (χ2v) is 8.64. The summed E-state index contributed by atoms with van der Waals surface area (Å²) in [4.78, 5) is 12.4. The lowest BCUT2D eigenvalue weighted by molar-refractivity contribution is 0.0953. The molecule has 0 saturated carbocycles. The van der Waals surface area contributed by atoms with E-state index in [0.29, 0.717) is 29.1 Å². The lowest BCUT2D eigenvalue weighted by atomic mass is 10.1. The summed E-state index contributed by atoms with van der Waals surface area (Å²) >= 11 is 0. The molecule has 1 amide bonds. The first kappa shape index (κ1) is 22.7. The van der Waals surface area contributed by atoms with E-state index >= 15 is 0 Å². The second-order valence-electron chi connectivity index (χ2n) is 6.74. The van der Waals surface area contributed by atoms with Crippen molar-refractivity contribution in [2.24, 2.45) is 0 Å². The van der Waals surface area contributed by atoms with Gasteiger partial charge in [0, 0.05) is 17.7 Å². The maximum absolute atomic E-state index is 13.3. The standard InChI is InChI=1S/C21H27FN2O4S/c1-4-5-6-13-23-21(25)16-7-12-20(28-2)17(14-16)15-24(29(3,26)27)19-10-8-18(22)9-11-19/h7-12,14H,4-6,13,15H2,1-3H3,(H,23,25). The second kappa shape index (κ2) is 10.2. The van der Waals surface area contributed by atoms with Gasteiger partial charge in [-0.2, -0.15) is 0 Å². The molecule has 29 heavy (non-hydrogen) atoms. The minimum absolute atomic E-state index is 0.0510. The minimum Gasteiger partial charge on any atom is -0.496 e. The molecule has 2 aromatic rings. The van der Waals surface area contributed by atoms with Crippen molar-refractivity contribution < 1.29 is 22.3 Å². The van der Waals surface area contributed by atoms with Gasteiger partial charge in [-0.25, -0.2) is 12.8 Å². The highest BCUT2D eigenvalue weighted by Gasteiger charge is 2.21. The van der Waals surface area contributed by atoms with Crippen LogP contribution in [-0.2, 0) is 16.6 Å². The highest BCUT2D eigenvalue weighted by atomic mass is 32.2. The number of methoxy groups -OCH3 is 1. The molecule has 158 valence electrons. The maximum atomic E-state index is 13.3. The van der Waals surface area contributed by atoms with Crippen LogP contribution >= 0.6 is 0 Å². The first-order valence-electron chi connectivity index (χ1n) is 9.44. The molecule has 0 radical (unpaired) electrons. The third kappa shape index (κ3) is 6.45. The summed E-state index contributed by atoms with van der Waals surface area (Å²) in [5, 5.41) is 2.87. The Hall–Kier alpha value is -2.61. The molecule has 0 spiro atoms.